The Hall–Kier alpha value is -1.41. The zero-order chi connectivity index (χ0) is 13.9. The fourth-order valence-electron chi connectivity index (χ4n) is 1.21. The predicted molar refractivity (Wildman–Crippen MR) is 61.8 cm³/mol. The number of benzene rings is 1. The number of alkyl halides is 3. The van der Waals surface area contributed by atoms with Crippen LogP contribution in [-0.4, -0.2) is 29.6 Å². The Balaban J connectivity index is 3.08. The van der Waals surface area contributed by atoms with Crippen molar-refractivity contribution in [3.05, 3.63) is 23.8 Å². The standard InChI is InChI=1S/C10H11F3N2O2S/c1-15(17)9(16)14-6-3-4-8(18-2)7(5-6)10(11,12)13/h3-5,17H,1-2H3,(H,14,16). The van der Waals surface area contributed by atoms with Gasteiger partial charge in [-0.05, 0) is 24.5 Å². The fraction of sp³-hybridized carbons (Fsp3) is 0.300. The van der Waals surface area contributed by atoms with Gasteiger partial charge >= 0.3 is 12.2 Å². The molecule has 0 aliphatic rings. The van der Waals surface area contributed by atoms with Crippen LogP contribution < -0.4 is 5.32 Å². The first-order valence-corrected chi connectivity index (χ1v) is 5.97. The first-order valence-electron chi connectivity index (χ1n) is 4.74. The number of hydrogen-bond acceptors (Lipinski definition) is 3. The van der Waals surface area contributed by atoms with Crippen molar-refractivity contribution in [3.63, 3.8) is 0 Å². The Bertz CT molecular complexity index is 449. The van der Waals surface area contributed by atoms with Crippen molar-refractivity contribution in [2.24, 2.45) is 0 Å². The maximum absolute atomic E-state index is 12.7. The van der Waals surface area contributed by atoms with Gasteiger partial charge in [0, 0.05) is 17.6 Å². The van der Waals surface area contributed by atoms with Gasteiger partial charge < -0.3 is 5.32 Å². The van der Waals surface area contributed by atoms with Crippen molar-refractivity contribution in [2.45, 2.75) is 11.1 Å². The lowest BCUT2D eigenvalue weighted by molar-refractivity contribution is -0.139. The molecule has 0 aromatic heterocycles. The van der Waals surface area contributed by atoms with Crippen LogP contribution in [0.1, 0.15) is 5.56 Å². The molecule has 0 saturated heterocycles. The van der Waals surface area contributed by atoms with E-state index < -0.39 is 17.8 Å². The molecule has 0 aliphatic carbocycles. The number of urea groups is 1. The van der Waals surface area contributed by atoms with Gasteiger partial charge in [-0.3, -0.25) is 5.21 Å². The van der Waals surface area contributed by atoms with Crippen molar-refractivity contribution in [1.29, 1.82) is 0 Å². The van der Waals surface area contributed by atoms with Gasteiger partial charge in [-0.15, -0.1) is 11.8 Å². The average Bonchev–Trinajstić information content (AvgIpc) is 2.27. The molecular weight excluding hydrogens is 269 g/mol. The molecule has 0 fully saturated rings. The summed E-state index contributed by atoms with van der Waals surface area (Å²) < 4.78 is 38.2. The van der Waals surface area contributed by atoms with E-state index in [0.717, 1.165) is 24.9 Å². The maximum Gasteiger partial charge on any atom is 0.417 e. The molecule has 0 heterocycles. The van der Waals surface area contributed by atoms with Gasteiger partial charge in [0.15, 0.2) is 0 Å². The van der Waals surface area contributed by atoms with E-state index in [1.165, 1.54) is 18.4 Å². The number of halogens is 3. The van der Waals surface area contributed by atoms with Crippen LogP contribution in [0.3, 0.4) is 0 Å². The Morgan fingerprint density at radius 2 is 2.06 bits per heavy atom. The SMILES string of the molecule is CSc1ccc(NC(=O)N(C)O)cc1C(F)(F)F. The minimum absolute atomic E-state index is 0.0361. The zero-order valence-electron chi connectivity index (χ0n) is 9.58. The lowest BCUT2D eigenvalue weighted by Gasteiger charge is -2.15. The highest BCUT2D eigenvalue weighted by molar-refractivity contribution is 7.98. The van der Waals surface area contributed by atoms with Crippen molar-refractivity contribution in [2.75, 3.05) is 18.6 Å². The summed E-state index contributed by atoms with van der Waals surface area (Å²) in [4.78, 5) is 11.2. The van der Waals surface area contributed by atoms with E-state index in [2.05, 4.69) is 5.32 Å². The number of amides is 2. The summed E-state index contributed by atoms with van der Waals surface area (Å²) in [5, 5.41) is 11.2. The average molecular weight is 280 g/mol. The normalized spacial score (nSPS) is 11.2. The maximum atomic E-state index is 12.7. The molecule has 0 saturated carbocycles. The van der Waals surface area contributed by atoms with Gasteiger partial charge in [0.05, 0.1) is 5.56 Å². The number of hydroxylamine groups is 2. The van der Waals surface area contributed by atoms with Gasteiger partial charge in [0.2, 0.25) is 0 Å². The third kappa shape index (κ3) is 3.54. The molecule has 0 aliphatic heterocycles. The van der Waals surface area contributed by atoms with Crippen LogP contribution in [0.15, 0.2) is 23.1 Å². The molecule has 1 aromatic rings. The number of thioether (sulfide) groups is 1. The molecule has 0 unspecified atom stereocenters. The number of hydrogen-bond donors (Lipinski definition) is 2. The molecule has 0 radical (unpaired) electrons. The molecule has 0 bridgehead atoms. The van der Waals surface area contributed by atoms with Crippen LogP contribution in [0.25, 0.3) is 0 Å². The summed E-state index contributed by atoms with van der Waals surface area (Å²) >= 11 is 0.964. The van der Waals surface area contributed by atoms with E-state index in [1.807, 2.05) is 0 Å². The van der Waals surface area contributed by atoms with Crippen LogP contribution in [0.2, 0.25) is 0 Å². The topological polar surface area (TPSA) is 52.6 Å². The fourth-order valence-corrected chi connectivity index (χ4v) is 1.81. The monoisotopic (exact) mass is 280 g/mol. The third-order valence-electron chi connectivity index (χ3n) is 2.05. The largest absolute Gasteiger partial charge is 0.417 e. The molecule has 1 rings (SSSR count). The molecule has 100 valence electrons. The molecule has 8 heteroatoms. The number of anilines is 1. The van der Waals surface area contributed by atoms with Crippen LogP contribution in [0.4, 0.5) is 23.7 Å². The number of carbonyl (C=O) groups excluding carboxylic acids is 1. The smallest absolute Gasteiger partial charge is 0.306 e. The number of carbonyl (C=O) groups is 1. The molecule has 0 atom stereocenters. The van der Waals surface area contributed by atoms with Gasteiger partial charge in [-0.25, -0.2) is 9.86 Å². The van der Waals surface area contributed by atoms with Crippen molar-refractivity contribution >= 4 is 23.5 Å². The second-order valence-electron chi connectivity index (χ2n) is 3.37. The summed E-state index contributed by atoms with van der Waals surface area (Å²) in [6.45, 7) is 0. The zero-order valence-corrected chi connectivity index (χ0v) is 10.4. The molecule has 0 spiro atoms. The Kier molecular flexibility index (Phi) is 4.47. The summed E-state index contributed by atoms with van der Waals surface area (Å²) in [7, 11) is 1.07. The van der Waals surface area contributed by atoms with E-state index >= 15 is 0 Å². The van der Waals surface area contributed by atoms with Crippen molar-refractivity contribution in [3.8, 4) is 0 Å². The van der Waals surface area contributed by atoms with Gasteiger partial charge in [0.25, 0.3) is 0 Å². The van der Waals surface area contributed by atoms with E-state index in [4.69, 9.17) is 5.21 Å². The van der Waals surface area contributed by atoms with Gasteiger partial charge in [0.1, 0.15) is 0 Å². The van der Waals surface area contributed by atoms with E-state index in [0.29, 0.717) is 0 Å². The Labute approximate surface area is 106 Å². The summed E-state index contributed by atoms with van der Waals surface area (Å²) in [6.07, 6.45) is -2.96. The summed E-state index contributed by atoms with van der Waals surface area (Å²) in [5.41, 5.74) is -0.862. The van der Waals surface area contributed by atoms with Crippen LogP contribution >= 0.6 is 11.8 Å². The lowest BCUT2D eigenvalue weighted by Crippen LogP contribution is -2.28. The lowest BCUT2D eigenvalue weighted by atomic mass is 10.2. The van der Waals surface area contributed by atoms with E-state index in [1.54, 1.807) is 0 Å². The quantitative estimate of drug-likeness (QED) is 0.496. The van der Waals surface area contributed by atoms with Gasteiger partial charge in [-0.1, -0.05) is 0 Å². The molecule has 18 heavy (non-hydrogen) atoms. The highest BCUT2D eigenvalue weighted by atomic mass is 32.2. The first-order chi connectivity index (χ1) is 8.25. The first kappa shape index (κ1) is 14.7. The van der Waals surface area contributed by atoms with Gasteiger partial charge in [-0.2, -0.15) is 13.2 Å². The predicted octanol–water partition coefficient (Wildman–Crippen LogP) is 3.28. The second-order valence-corrected chi connectivity index (χ2v) is 4.21. The molecule has 4 nitrogen and oxygen atoms in total. The van der Waals surface area contributed by atoms with E-state index in [9.17, 15) is 18.0 Å². The van der Waals surface area contributed by atoms with Crippen LogP contribution in [-0.2, 0) is 6.18 Å². The molecule has 2 N–H and O–H groups in total. The molecule has 2 amide bonds. The van der Waals surface area contributed by atoms with Crippen molar-refractivity contribution in [1.82, 2.24) is 5.06 Å². The Morgan fingerprint density at radius 3 is 2.50 bits per heavy atom. The summed E-state index contributed by atoms with van der Waals surface area (Å²) in [6, 6.07) is 2.51. The number of nitrogens with zero attached hydrogens (tertiary/aromatic N) is 1. The summed E-state index contributed by atoms with van der Waals surface area (Å²) in [5.74, 6) is 0. The minimum atomic E-state index is -4.50. The third-order valence-corrected chi connectivity index (χ3v) is 2.85. The number of rotatable bonds is 2. The molecule has 1 aromatic carbocycles. The number of nitrogens with one attached hydrogen (secondary N) is 1. The van der Waals surface area contributed by atoms with Crippen molar-refractivity contribution < 1.29 is 23.2 Å². The van der Waals surface area contributed by atoms with Crippen LogP contribution in [0, 0.1) is 0 Å². The highest BCUT2D eigenvalue weighted by Crippen LogP contribution is 2.37. The van der Waals surface area contributed by atoms with Crippen LogP contribution in [0.5, 0.6) is 0 Å². The molecular formula is C10H11F3N2O2S. The Morgan fingerprint density at radius 1 is 1.44 bits per heavy atom. The van der Waals surface area contributed by atoms with E-state index in [-0.39, 0.29) is 15.6 Å². The highest BCUT2D eigenvalue weighted by Gasteiger charge is 2.33. The minimum Gasteiger partial charge on any atom is -0.306 e. The second kappa shape index (κ2) is 5.49.